The molecule has 0 radical (unpaired) electrons. The van der Waals surface area contributed by atoms with Gasteiger partial charge in [-0.05, 0) is 18.1 Å². The van der Waals surface area contributed by atoms with Crippen molar-refractivity contribution < 1.29 is 44.0 Å². The van der Waals surface area contributed by atoms with E-state index in [9.17, 15) is 34.3 Å². The highest BCUT2D eigenvalue weighted by molar-refractivity contribution is 7.58. The molecule has 0 saturated heterocycles. The highest BCUT2D eigenvalue weighted by atomic mass is 31.2. The Bertz CT molecular complexity index is 752. The smallest absolute Gasteiger partial charge is 0.341 e. The van der Waals surface area contributed by atoms with Crippen molar-refractivity contribution in [1.82, 2.24) is 0 Å². The molecule has 0 spiro atoms. The maximum absolute atomic E-state index is 12.2. The van der Waals surface area contributed by atoms with Crippen LogP contribution in [-0.4, -0.2) is 55.9 Å². The number of ether oxygens (including phenoxy) is 1. The number of hydrogen-bond donors (Lipinski definition) is 5. The molecule has 144 valence electrons. The van der Waals surface area contributed by atoms with E-state index in [4.69, 9.17) is 20.7 Å². The average Bonchev–Trinajstić information content (AvgIpc) is 2.56. The number of rotatable bonds is 10. The molecule has 3 atom stereocenters. The minimum atomic E-state index is -4.34. The summed E-state index contributed by atoms with van der Waals surface area (Å²) in [5.74, 6) is -5.15. The van der Waals surface area contributed by atoms with E-state index in [0.29, 0.717) is 0 Å². The van der Waals surface area contributed by atoms with Gasteiger partial charge in [0.05, 0.1) is 4.92 Å². The first-order chi connectivity index (χ1) is 12.0. The van der Waals surface area contributed by atoms with E-state index >= 15 is 0 Å². The molecular formula is C13H17N2O10P. The highest BCUT2D eigenvalue weighted by Gasteiger charge is 2.33. The van der Waals surface area contributed by atoms with Crippen molar-refractivity contribution in [3.8, 4) is 5.75 Å². The summed E-state index contributed by atoms with van der Waals surface area (Å²) in [7, 11) is -4.34. The first kappa shape index (κ1) is 21.5. The van der Waals surface area contributed by atoms with Crippen molar-refractivity contribution in [2.45, 2.75) is 18.3 Å². The number of aliphatic carboxylic acids is 2. The Hall–Kier alpha value is -2.53. The van der Waals surface area contributed by atoms with Crippen LogP contribution in [0.3, 0.4) is 0 Å². The summed E-state index contributed by atoms with van der Waals surface area (Å²) in [6.07, 6.45) is -1.01. The molecule has 0 aliphatic heterocycles. The summed E-state index contributed by atoms with van der Waals surface area (Å²) in [5, 5.41) is 38.3. The molecule has 26 heavy (non-hydrogen) atoms. The Morgan fingerprint density at radius 3 is 2.46 bits per heavy atom. The fourth-order valence-electron chi connectivity index (χ4n) is 1.90. The van der Waals surface area contributed by atoms with E-state index in [-0.39, 0.29) is 12.0 Å². The monoisotopic (exact) mass is 392 g/mol. The third-order valence-corrected chi connectivity index (χ3v) is 5.25. The van der Waals surface area contributed by atoms with Gasteiger partial charge < -0.3 is 30.7 Å². The molecule has 0 aliphatic rings. The Kier molecular flexibility index (Phi) is 7.21. The van der Waals surface area contributed by atoms with Crippen LogP contribution in [0.15, 0.2) is 18.2 Å². The molecule has 12 nitrogen and oxygen atoms in total. The first-order valence-electron chi connectivity index (χ1n) is 7.06. The van der Waals surface area contributed by atoms with Crippen LogP contribution in [0.5, 0.6) is 5.75 Å². The molecule has 0 aromatic heterocycles. The van der Waals surface area contributed by atoms with Crippen LogP contribution < -0.4 is 10.5 Å². The predicted molar refractivity (Wildman–Crippen MR) is 86.1 cm³/mol. The van der Waals surface area contributed by atoms with Gasteiger partial charge in [0.2, 0.25) is 7.37 Å². The van der Waals surface area contributed by atoms with Crippen molar-refractivity contribution in [1.29, 1.82) is 0 Å². The van der Waals surface area contributed by atoms with Crippen molar-refractivity contribution >= 4 is 25.0 Å². The Labute approximate surface area is 146 Å². The molecule has 1 aromatic rings. The number of carboxylic acid groups (broad SMARTS) is 2. The number of carboxylic acids is 2. The molecule has 1 aromatic carbocycles. The van der Waals surface area contributed by atoms with E-state index in [1.807, 2.05) is 0 Å². The highest BCUT2D eigenvalue weighted by Crippen LogP contribution is 2.55. The third-order valence-electron chi connectivity index (χ3n) is 3.29. The van der Waals surface area contributed by atoms with Crippen LogP contribution in [0.2, 0.25) is 0 Å². The number of aliphatic hydroxyl groups excluding tert-OH is 1. The molecule has 0 saturated carbocycles. The number of hydrogen-bond acceptors (Lipinski definition) is 8. The number of nitro groups is 1. The fourth-order valence-corrected chi connectivity index (χ4v) is 3.42. The zero-order chi connectivity index (χ0) is 20.1. The number of aliphatic hydroxyl groups is 1. The summed E-state index contributed by atoms with van der Waals surface area (Å²) >= 11 is 0. The second-order valence-corrected chi connectivity index (χ2v) is 7.70. The van der Waals surface area contributed by atoms with E-state index in [2.05, 4.69) is 0 Å². The van der Waals surface area contributed by atoms with E-state index in [1.165, 1.54) is 0 Å². The van der Waals surface area contributed by atoms with Crippen LogP contribution in [0.25, 0.3) is 0 Å². The molecule has 0 bridgehead atoms. The van der Waals surface area contributed by atoms with Gasteiger partial charge in [-0.3, -0.25) is 19.5 Å². The minimum Gasteiger partial charge on any atom is -0.480 e. The van der Waals surface area contributed by atoms with Crippen LogP contribution in [0.1, 0.15) is 17.8 Å². The SMILES string of the molecule is N[C@@H](CCP(=O)(O)C(O)c1ccc(OCC(=O)O)c([N+](=O)[O-])c1)C(=O)O. The molecular weight excluding hydrogens is 375 g/mol. The molecule has 13 heteroatoms. The van der Waals surface area contributed by atoms with Crippen molar-refractivity contribution in [3.63, 3.8) is 0 Å². The lowest BCUT2D eigenvalue weighted by Gasteiger charge is -2.19. The number of carbonyl (C=O) groups is 2. The van der Waals surface area contributed by atoms with Crippen molar-refractivity contribution in [2.75, 3.05) is 12.8 Å². The standard InChI is InChI=1S/C13H17N2O10P/c14-8(12(18)19)3-4-26(23,24)13(20)7-1-2-10(25-6-11(16)17)9(5-7)15(21)22/h1-2,5,8,13,20H,3-4,6,14H2,(H,16,17)(H,18,19)(H,23,24)/t8-,13?/m0/s1. The predicted octanol–water partition coefficient (Wildman–Crippen LogP) is 0.121. The summed E-state index contributed by atoms with van der Waals surface area (Å²) in [6.45, 7) is -0.839. The average molecular weight is 392 g/mol. The molecule has 0 fully saturated rings. The molecule has 0 heterocycles. The Morgan fingerprint density at radius 2 is 1.96 bits per heavy atom. The van der Waals surface area contributed by atoms with Gasteiger partial charge in [0, 0.05) is 12.2 Å². The topological polar surface area (TPSA) is 211 Å². The van der Waals surface area contributed by atoms with Crippen LogP contribution in [0, 0.1) is 10.1 Å². The van der Waals surface area contributed by atoms with Gasteiger partial charge in [-0.2, -0.15) is 0 Å². The lowest BCUT2D eigenvalue weighted by Crippen LogP contribution is -2.31. The Morgan fingerprint density at radius 1 is 1.35 bits per heavy atom. The van der Waals surface area contributed by atoms with Gasteiger partial charge in [-0.25, -0.2) is 4.79 Å². The van der Waals surface area contributed by atoms with Gasteiger partial charge in [-0.1, -0.05) is 6.07 Å². The molecule has 6 N–H and O–H groups in total. The second kappa shape index (κ2) is 8.72. The van der Waals surface area contributed by atoms with Crippen LogP contribution in [-0.2, 0) is 14.2 Å². The minimum absolute atomic E-state index is 0.283. The van der Waals surface area contributed by atoms with E-state index in [0.717, 1.165) is 18.2 Å². The van der Waals surface area contributed by atoms with E-state index in [1.54, 1.807) is 0 Å². The van der Waals surface area contributed by atoms with Gasteiger partial charge in [-0.15, -0.1) is 0 Å². The maximum Gasteiger partial charge on any atom is 0.341 e. The number of nitrogens with two attached hydrogens (primary N) is 1. The largest absolute Gasteiger partial charge is 0.480 e. The normalized spacial score (nSPS) is 15.5. The lowest BCUT2D eigenvalue weighted by molar-refractivity contribution is -0.385. The van der Waals surface area contributed by atoms with Crippen LogP contribution >= 0.6 is 7.37 Å². The van der Waals surface area contributed by atoms with Gasteiger partial charge in [0.15, 0.2) is 18.2 Å². The number of benzene rings is 1. The summed E-state index contributed by atoms with van der Waals surface area (Å²) < 4.78 is 17.0. The third kappa shape index (κ3) is 5.77. The van der Waals surface area contributed by atoms with Gasteiger partial charge in [0.1, 0.15) is 6.04 Å². The number of nitrogens with zero attached hydrogens (tertiary/aromatic N) is 1. The maximum atomic E-state index is 12.2. The molecule has 0 aliphatic carbocycles. The van der Waals surface area contributed by atoms with E-state index < -0.39 is 60.3 Å². The summed E-state index contributed by atoms with van der Waals surface area (Å²) in [4.78, 5) is 41.2. The van der Waals surface area contributed by atoms with Crippen molar-refractivity contribution in [2.24, 2.45) is 5.73 Å². The number of nitro benzene ring substituents is 1. The quantitative estimate of drug-likeness (QED) is 0.205. The Balaban J connectivity index is 3.04. The van der Waals surface area contributed by atoms with Gasteiger partial charge in [0.25, 0.3) is 0 Å². The second-order valence-electron chi connectivity index (χ2n) is 5.25. The molecule has 0 amide bonds. The zero-order valence-electron chi connectivity index (χ0n) is 13.2. The molecule has 1 rings (SSSR count). The lowest BCUT2D eigenvalue weighted by atomic mass is 10.2. The van der Waals surface area contributed by atoms with Gasteiger partial charge >= 0.3 is 17.6 Å². The fraction of sp³-hybridized carbons (Fsp3) is 0.385. The summed E-state index contributed by atoms with van der Waals surface area (Å²) in [5.41, 5.74) is 4.25. The first-order valence-corrected chi connectivity index (χ1v) is 8.98. The van der Waals surface area contributed by atoms with Crippen molar-refractivity contribution in [3.05, 3.63) is 33.9 Å². The van der Waals surface area contributed by atoms with Crippen LogP contribution in [0.4, 0.5) is 5.69 Å². The molecule has 2 unspecified atom stereocenters. The summed E-state index contributed by atoms with van der Waals surface area (Å²) in [6, 6.07) is 1.43. The zero-order valence-corrected chi connectivity index (χ0v) is 14.1.